The maximum atomic E-state index is 10.1. The first-order valence-electron chi connectivity index (χ1n) is 9.79. The molecule has 0 aliphatic rings. The minimum atomic E-state index is -0.636. The van der Waals surface area contributed by atoms with Crippen molar-refractivity contribution in [3.63, 3.8) is 0 Å². The van der Waals surface area contributed by atoms with Crippen LogP contribution in [-0.4, -0.2) is 30.4 Å². The summed E-state index contributed by atoms with van der Waals surface area (Å²) in [5, 5.41) is 13.7. The molecule has 0 amide bonds. The number of rotatable bonds is 5. The van der Waals surface area contributed by atoms with E-state index in [1.54, 1.807) is 24.5 Å². The molecule has 0 bridgehead atoms. The maximum absolute atomic E-state index is 10.1. The van der Waals surface area contributed by atoms with Gasteiger partial charge >= 0.3 is 0 Å². The van der Waals surface area contributed by atoms with Crippen LogP contribution in [-0.2, 0) is 7.05 Å². The molecule has 6 nitrogen and oxygen atoms in total. The largest absolute Gasteiger partial charge is 0.397 e. The Morgan fingerprint density at radius 1 is 1.33 bits per heavy atom. The van der Waals surface area contributed by atoms with Gasteiger partial charge < -0.3 is 15.4 Å². The lowest BCUT2D eigenvalue weighted by Crippen LogP contribution is -1.98. The van der Waals surface area contributed by atoms with Crippen LogP contribution in [0, 0.1) is 6.92 Å². The predicted molar refractivity (Wildman–Crippen MR) is 131 cm³/mol. The van der Waals surface area contributed by atoms with Crippen LogP contribution in [0.25, 0.3) is 32.2 Å². The molecule has 0 spiro atoms. The number of imidazole rings is 1. The molecule has 30 heavy (non-hydrogen) atoms. The first-order chi connectivity index (χ1) is 14.4. The second kappa shape index (κ2) is 9.91. The normalized spacial score (nSPS) is 12.1. The molecule has 4 aromatic rings. The average Bonchev–Trinajstić information content (AvgIpc) is 3.44. The van der Waals surface area contributed by atoms with Crippen LogP contribution in [0.2, 0.25) is 0 Å². The molecule has 0 aromatic carbocycles. The van der Waals surface area contributed by atoms with E-state index in [0.717, 1.165) is 48.6 Å². The lowest BCUT2D eigenvalue weighted by atomic mass is 10.1. The van der Waals surface area contributed by atoms with Gasteiger partial charge in [0.05, 0.1) is 28.6 Å². The number of anilines is 1. The van der Waals surface area contributed by atoms with Crippen LogP contribution in [0.4, 0.5) is 5.69 Å². The van der Waals surface area contributed by atoms with Crippen molar-refractivity contribution in [1.29, 1.82) is 0 Å². The molecule has 0 saturated heterocycles. The van der Waals surface area contributed by atoms with E-state index in [-0.39, 0.29) is 0 Å². The van der Waals surface area contributed by atoms with Crippen LogP contribution in [0.15, 0.2) is 23.8 Å². The second-order valence-electron chi connectivity index (χ2n) is 6.96. The number of thiazole rings is 1. The van der Waals surface area contributed by atoms with Gasteiger partial charge in [0, 0.05) is 29.6 Å². The van der Waals surface area contributed by atoms with Crippen LogP contribution in [0.5, 0.6) is 0 Å². The molecule has 0 aliphatic carbocycles. The molecule has 3 N–H and O–H groups in total. The Hall–Kier alpha value is -1.94. The van der Waals surface area contributed by atoms with Gasteiger partial charge in [-0.1, -0.05) is 13.3 Å². The summed E-state index contributed by atoms with van der Waals surface area (Å²) in [6.07, 6.45) is 5.49. The highest BCUT2D eigenvalue weighted by atomic mass is 32.1. The van der Waals surface area contributed by atoms with Gasteiger partial charge in [0.15, 0.2) is 0 Å². The summed E-state index contributed by atoms with van der Waals surface area (Å²) in [5.74, 6) is 1.96. The Morgan fingerprint density at radius 3 is 2.60 bits per heavy atom. The highest BCUT2D eigenvalue weighted by molar-refractivity contribution is 7.80. The fraction of sp³-hybridized carbons (Fsp3) is 0.381. The number of nitrogens with two attached hydrogens (primary N) is 1. The number of unbranched alkanes of at least 4 members (excludes halogenated alkanes) is 1. The van der Waals surface area contributed by atoms with Gasteiger partial charge in [0.1, 0.15) is 21.4 Å². The number of hydrogen-bond acceptors (Lipinski definition) is 8. The van der Waals surface area contributed by atoms with E-state index in [9.17, 15) is 5.11 Å². The van der Waals surface area contributed by atoms with Crippen molar-refractivity contribution in [3.8, 4) is 22.0 Å². The number of aliphatic hydroxyl groups excluding tert-OH is 1. The maximum Gasteiger partial charge on any atom is 0.141 e. The number of aromatic nitrogens is 4. The topological polar surface area (TPSA) is 89.8 Å². The Morgan fingerprint density at radius 2 is 2.10 bits per heavy atom. The summed E-state index contributed by atoms with van der Waals surface area (Å²) in [5.41, 5.74) is 9.68. The predicted octanol–water partition coefficient (Wildman–Crippen LogP) is 5.48. The van der Waals surface area contributed by atoms with Crippen molar-refractivity contribution in [2.45, 2.75) is 39.7 Å². The molecular weight excluding hydrogens is 434 g/mol. The Kier molecular flexibility index (Phi) is 7.51. The summed E-state index contributed by atoms with van der Waals surface area (Å²) in [6, 6.07) is 2.01. The van der Waals surface area contributed by atoms with Gasteiger partial charge in [-0.3, -0.25) is 0 Å². The number of thiophene rings is 1. The third-order valence-electron chi connectivity index (χ3n) is 4.77. The van der Waals surface area contributed by atoms with Crippen LogP contribution >= 0.6 is 35.3 Å². The fourth-order valence-corrected chi connectivity index (χ4v) is 4.99. The van der Waals surface area contributed by atoms with Crippen molar-refractivity contribution in [1.82, 2.24) is 19.5 Å². The van der Waals surface area contributed by atoms with E-state index in [1.807, 2.05) is 36.2 Å². The molecule has 0 radical (unpaired) electrons. The van der Waals surface area contributed by atoms with Crippen molar-refractivity contribution in [2.24, 2.45) is 7.05 Å². The van der Waals surface area contributed by atoms with Crippen molar-refractivity contribution >= 4 is 51.2 Å². The quantitative estimate of drug-likeness (QED) is 0.342. The molecule has 0 unspecified atom stereocenters. The van der Waals surface area contributed by atoms with Crippen molar-refractivity contribution < 1.29 is 5.11 Å². The number of fused-ring (bicyclic) bond motifs is 1. The zero-order valence-corrected chi connectivity index (χ0v) is 20.1. The summed E-state index contributed by atoms with van der Waals surface area (Å²) in [4.78, 5) is 15.1. The first kappa shape index (κ1) is 22.7. The van der Waals surface area contributed by atoms with Crippen molar-refractivity contribution in [3.05, 3.63) is 34.5 Å². The van der Waals surface area contributed by atoms with E-state index >= 15 is 0 Å². The highest BCUT2D eigenvalue weighted by Crippen LogP contribution is 2.43. The van der Waals surface area contributed by atoms with E-state index < -0.39 is 6.10 Å². The van der Waals surface area contributed by atoms with E-state index in [1.165, 1.54) is 24.2 Å². The minimum Gasteiger partial charge on any atom is -0.397 e. The Bertz CT molecular complexity index is 1110. The molecule has 4 rings (SSSR count). The monoisotopic (exact) mass is 461 g/mol. The third kappa shape index (κ3) is 4.54. The molecule has 9 heteroatoms. The third-order valence-corrected chi connectivity index (χ3v) is 7.15. The van der Waals surface area contributed by atoms with Crippen LogP contribution < -0.4 is 5.73 Å². The van der Waals surface area contributed by atoms with Crippen LogP contribution in [0.1, 0.15) is 43.5 Å². The van der Waals surface area contributed by atoms with Crippen LogP contribution in [0.3, 0.4) is 0 Å². The van der Waals surface area contributed by atoms with Crippen molar-refractivity contribution in [2.75, 3.05) is 11.5 Å². The molecule has 4 heterocycles. The minimum absolute atomic E-state index is 0.585. The summed E-state index contributed by atoms with van der Waals surface area (Å²) < 4.78 is 2.03. The van der Waals surface area contributed by atoms with E-state index in [2.05, 4.69) is 29.5 Å². The number of aryl methyl sites for hydroxylation is 1. The summed E-state index contributed by atoms with van der Waals surface area (Å²) >= 11 is 6.97. The van der Waals surface area contributed by atoms with Gasteiger partial charge in [0.2, 0.25) is 0 Å². The number of nitrogen functional groups attached to an aromatic ring is 1. The second-order valence-corrected chi connectivity index (χ2v) is 9.33. The number of thiol groups is 1. The zero-order valence-electron chi connectivity index (χ0n) is 17.6. The zero-order chi connectivity index (χ0) is 21.8. The summed E-state index contributed by atoms with van der Waals surface area (Å²) in [6.45, 7) is 5.84. The molecular formula is C21H27N5OS3. The van der Waals surface area contributed by atoms with Gasteiger partial charge in [-0.25, -0.2) is 15.0 Å². The first-order valence-corrected chi connectivity index (χ1v) is 12.1. The molecule has 0 fully saturated rings. The van der Waals surface area contributed by atoms with Gasteiger partial charge in [-0.15, -0.1) is 22.7 Å². The van der Waals surface area contributed by atoms with E-state index in [4.69, 9.17) is 10.7 Å². The molecule has 160 valence electrons. The number of aliphatic hydroxyl groups is 1. The Labute approximate surface area is 190 Å². The average molecular weight is 462 g/mol. The number of nitrogens with zero attached hydrogens (tertiary/aromatic N) is 4. The van der Waals surface area contributed by atoms with Gasteiger partial charge in [-0.05, 0) is 32.1 Å². The highest BCUT2D eigenvalue weighted by Gasteiger charge is 2.21. The molecule has 0 aliphatic heterocycles. The van der Waals surface area contributed by atoms with Gasteiger partial charge in [0.25, 0.3) is 0 Å². The standard InChI is InChI=1S/C17H17N5OS2.C4H10S/c1-8(23)15-14(18)13-10(12-7-20-9(2)22(12)3)6-11(21-17(13)25-15)16-19-4-5-24-16;1-2-3-4-5/h4-8,23H,18H2,1-3H3;5H,2-4H2,1H3/t8-;/m1./s1. The van der Waals surface area contributed by atoms with E-state index in [0.29, 0.717) is 5.69 Å². The molecule has 1 atom stereocenters. The number of pyridine rings is 1. The SMILES string of the molecule is CCCCS.Cc1ncc(-c2cc(-c3nccs3)nc3sc([C@@H](C)O)c(N)c23)n1C. The lowest BCUT2D eigenvalue weighted by Gasteiger charge is -2.09. The Balaban J connectivity index is 0.000000461. The molecule has 4 aromatic heterocycles. The molecule has 0 saturated carbocycles. The smallest absolute Gasteiger partial charge is 0.141 e. The van der Waals surface area contributed by atoms with Gasteiger partial charge in [-0.2, -0.15) is 12.6 Å². The summed E-state index contributed by atoms with van der Waals surface area (Å²) in [7, 11) is 1.98. The lowest BCUT2D eigenvalue weighted by molar-refractivity contribution is 0.204. The fourth-order valence-electron chi connectivity index (χ4n) is 3.02. The number of hydrogen-bond donors (Lipinski definition) is 3.